The van der Waals surface area contributed by atoms with E-state index in [1.165, 1.54) is 18.6 Å². The van der Waals surface area contributed by atoms with Crippen LogP contribution >= 0.6 is 0 Å². The summed E-state index contributed by atoms with van der Waals surface area (Å²) in [5, 5.41) is 0. The van der Waals surface area contributed by atoms with Crippen LogP contribution in [0.15, 0.2) is 35.5 Å². The lowest BCUT2D eigenvalue weighted by Gasteiger charge is -2.34. The zero-order chi connectivity index (χ0) is 18.6. The molecule has 0 N–H and O–H groups in total. The first-order chi connectivity index (χ1) is 11.7. The lowest BCUT2D eigenvalue weighted by atomic mass is 9.69. The average Bonchev–Trinajstić information content (AvgIpc) is 2.78. The third kappa shape index (κ3) is 4.68. The Morgan fingerprint density at radius 2 is 2.04 bits per heavy atom. The fourth-order valence-corrected chi connectivity index (χ4v) is 3.38. The van der Waals surface area contributed by atoms with Crippen molar-refractivity contribution >= 4 is 17.7 Å². The maximum Gasteiger partial charge on any atom is 0.307 e. The maximum atomic E-state index is 12.6. The highest BCUT2D eigenvalue weighted by Gasteiger charge is 2.55. The molecule has 0 unspecified atom stereocenters. The Balaban J connectivity index is 2.20. The Morgan fingerprint density at radius 3 is 2.68 bits per heavy atom. The number of allylic oxidation sites excluding steroid dienone is 4. The molecule has 0 amide bonds. The molecular weight excluding hydrogens is 320 g/mol. The molecule has 5 heteroatoms. The van der Waals surface area contributed by atoms with Crippen LogP contribution in [0.3, 0.4) is 0 Å². The Kier molecular flexibility index (Phi) is 5.98. The van der Waals surface area contributed by atoms with Crippen molar-refractivity contribution in [1.82, 2.24) is 0 Å². The number of rotatable bonds is 5. The van der Waals surface area contributed by atoms with E-state index in [1.807, 2.05) is 13.0 Å². The molecule has 2 aliphatic rings. The second-order valence-corrected chi connectivity index (χ2v) is 7.15. The van der Waals surface area contributed by atoms with Gasteiger partial charge in [0.05, 0.1) is 11.8 Å². The van der Waals surface area contributed by atoms with Gasteiger partial charge in [0, 0.05) is 13.3 Å². The molecule has 0 aromatic heterocycles. The summed E-state index contributed by atoms with van der Waals surface area (Å²) in [6.07, 6.45) is 7.96. The van der Waals surface area contributed by atoms with Gasteiger partial charge in [-0.25, -0.2) is 0 Å². The van der Waals surface area contributed by atoms with Crippen molar-refractivity contribution in [2.75, 3.05) is 0 Å². The number of cyclic esters (lactones) is 1. The molecule has 1 spiro atoms. The number of ketones is 1. The van der Waals surface area contributed by atoms with Crippen LogP contribution in [0, 0.1) is 5.41 Å². The molecule has 2 rings (SSSR count). The van der Waals surface area contributed by atoms with Crippen molar-refractivity contribution in [2.24, 2.45) is 5.41 Å². The molecule has 136 valence electrons. The third-order valence-corrected chi connectivity index (χ3v) is 4.63. The summed E-state index contributed by atoms with van der Waals surface area (Å²) in [7, 11) is 0. The summed E-state index contributed by atoms with van der Waals surface area (Å²) in [5.41, 5.74) is 1.36. The van der Waals surface area contributed by atoms with Gasteiger partial charge >= 0.3 is 11.9 Å². The minimum atomic E-state index is -0.969. The smallest absolute Gasteiger partial charge is 0.307 e. The van der Waals surface area contributed by atoms with E-state index >= 15 is 0 Å². The largest absolute Gasteiger partial charge is 0.458 e. The van der Waals surface area contributed by atoms with Gasteiger partial charge in [0.25, 0.3) is 0 Å². The van der Waals surface area contributed by atoms with Gasteiger partial charge in [0.2, 0.25) is 0 Å². The van der Waals surface area contributed by atoms with Crippen LogP contribution in [0.1, 0.15) is 53.4 Å². The molecule has 0 aromatic rings. The zero-order valence-electron chi connectivity index (χ0n) is 15.3. The summed E-state index contributed by atoms with van der Waals surface area (Å²) < 4.78 is 10.7. The quantitative estimate of drug-likeness (QED) is 0.563. The van der Waals surface area contributed by atoms with Crippen molar-refractivity contribution in [2.45, 2.75) is 65.6 Å². The normalized spacial score (nSPS) is 28.9. The first kappa shape index (κ1) is 19.2. The van der Waals surface area contributed by atoms with Gasteiger partial charge in [-0.15, -0.1) is 0 Å². The summed E-state index contributed by atoms with van der Waals surface area (Å²) in [4.78, 5) is 35.8. The summed E-state index contributed by atoms with van der Waals surface area (Å²) in [5.74, 6) is -0.932. The number of ether oxygens (including phenoxy) is 2. The topological polar surface area (TPSA) is 69.7 Å². The van der Waals surface area contributed by atoms with E-state index in [0.29, 0.717) is 0 Å². The van der Waals surface area contributed by atoms with E-state index in [4.69, 9.17) is 9.47 Å². The van der Waals surface area contributed by atoms with Crippen LogP contribution in [-0.4, -0.2) is 29.9 Å². The molecule has 1 aliphatic heterocycles. The van der Waals surface area contributed by atoms with Crippen LogP contribution in [0.2, 0.25) is 0 Å². The van der Waals surface area contributed by atoms with Crippen molar-refractivity contribution in [3.05, 3.63) is 35.5 Å². The molecule has 0 bridgehead atoms. The summed E-state index contributed by atoms with van der Waals surface area (Å²) >= 11 is 0. The van der Waals surface area contributed by atoms with Crippen LogP contribution < -0.4 is 0 Å². The van der Waals surface area contributed by atoms with Gasteiger partial charge < -0.3 is 9.47 Å². The van der Waals surface area contributed by atoms with Crippen LogP contribution in [0.4, 0.5) is 0 Å². The van der Waals surface area contributed by atoms with Gasteiger partial charge in [-0.1, -0.05) is 17.2 Å². The van der Waals surface area contributed by atoms with Crippen LogP contribution in [0.5, 0.6) is 0 Å². The van der Waals surface area contributed by atoms with Crippen LogP contribution in [0.25, 0.3) is 0 Å². The second-order valence-electron chi connectivity index (χ2n) is 7.15. The molecule has 0 aromatic carbocycles. The summed E-state index contributed by atoms with van der Waals surface area (Å²) in [6.45, 7) is 7.41. The monoisotopic (exact) mass is 346 g/mol. The SMILES string of the molecule is CC(=O)O[C@@H]1C=CC(=O)[C@]2(CC(=O)O[C@@H]2C=C(C)CCC=C(C)C)C1. The average molecular weight is 346 g/mol. The lowest BCUT2D eigenvalue weighted by molar-refractivity contribution is -0.148. The molecule has 1 aliphatic carbocycles. The van der Waals surface area contributed by atoms with Gasteiger partial charge in [-0.2, -0.15) is 0 Å². The minimum Gasteiger partial charge on any atom is -0.458 e. The third-order valence-electron chi connectivity index (χ3n) is 4.63. The standard InChI is InChI=1S/C20H26O5/c1-13(2)6-5-7-14(3)10-18-20(12-19(23)25-18)11-16(24-15(4)21)8-9-17(20)22/h6,8-10,16,18H,5,7,11-12H2,1-4H3/t16-,18-,20-/m1/s1. The number of hydrogen-bond acceptors (Lipinski definition) is 5. The van der Waals surface area contributed by atoms with Crippen LogP contribution in [-0.2, 0) is 23.9 Å². The van der Waals surface area contributed by atoms with Crippen molar-refractivity contribution in [1.29, 1.82) is 0 Å². The maximum absolute atomic E-state index is 12.6. The van der Waals surface area contributed by atoms with Gasteiger partial charge in [0.1, 0.15) is 12.2 Å². The van der Waals surface area contributed by atoms with E-state index in [1.54, 1.807) is 6.08 Å². The fourth-order valence-electron chi connectivity index (χ4n) is 3.38. The molecule has 1 fully saturated rings. The first-order valence-corrected chi connectivity index (χ1v) is 8.63. The molecule has 0 saturated carbocycles. The Morgan fingerprint density at radius 1 is 1.32 bits per heavy atom. The van der Waals surface area contributed by atoms with Gasteiger partial charge in [-0.05, 0) is 51.8 Å². The number of carbonyl (C=O) groups is 3. The van der Waals surface area contributed by atoms with Crippen molar-refractivity contribution in [3.8, 4) is 0 Å². The van der Waals surface area contributed by atoms with E-state index < -0.39 is 23.6 Å². The molecule has 3 atom stereocenters. The van der Waals surface area contributed by atoms with E-state index in [-0.39, 0.29) is 24.6 Å². The highest BCUT2D eigenvalue weighted by atomic mass is 16.6. The number of carbonyl (C=O) groups excluding carboxylic acids is 3. The second kappa shape index (κ2) is 7.81. The Labute approximate surface area is 148 Å². The predicted octanol–water partition coefficient (Wildman–Crippen LogP) is 3.44. The molecule has 1 saturated heterocycles. The van der Waals surface area contributed by atoms with Crippen molar-refractivity contribution in [3.63, 3.8) is 0 Å². The highest BCUT2D eigenvalue weighted by molar-refractivity contribution is 6.00. The molecule has 5 nitrogen and oxygen atoms in total. The van der Waals surface area contributed by atoms with Gasteiger partial charge in [-0.3, -0.25) is 14.4 Å². The Hall–Kier alpha value is -2.17. The molecule has 25 heavy (non-hydrogen) atoms. The molecule has 1 heterocycles. The minimum absolute atomic E-state index is 0.0242. The summed E-state index contributed by atoms with van der Waals surface area (Å²) in [6, 6.07) is 0. The van der Waals surface area contributed by atoms with E-state index in [9.17, 15) is 14.4 Å². The van der Waals surface area contributed by atoms with E-state index in [2.05, 4.69) is 19.9 Å². The van der Waals surface area contributed by atoms with Gasteiger partial charge in [0.15, 0.2) is 5.78 Å². The first-order valence-electron chi connectivity index (χ1n) is 8.63. The lowest BCUT2D eigenvalue weighted by Crippen LogP contribution is -2.43. The zero-order valence-corrected chi connectivity index (χ0v) is 15.3. The predicted molar refractivity (Wildman–Crippen MR) is 93.7 cm³/mol. The molecule has 0 radical (unpaired) electrons. The van der Waals surface area contributed by atoms with Crippen molar-refractivity contribution < 1.29 is 23.9 Å². The Bertz CT molecular complexity index is 651. The number of esters is 2. The number of hydrogen-bond donors (Lipinski definition) is 0. The fraction of sp³-hybridized carbons (Fsp3) is 0.550. The molecular formula is C20H26O5. The highest BCUT2D eigenvalue weighted by Crippen LogP contribution is 2.45. The van der Waals surface area contributed by atoms with E-state index in [0.717, 1.165) is 18.4 Å².